The second kappa shape index (κ2) is 6.12. The van der Waals surface area contributed by atoms with E-state index in [-0.39, 0.29) is 12.4 Å². The first-order valence-electron chi connectivity index (χ1n) is 7.16. The summed E-state index contributed by atoms with van der Waals surface area (Å²) < 4.78 is 6.63. The highest BCUT2D eigenvalue weighted by atomic mass is 16.5. The molecule has 0 fully saturated rings. The lowest BCUT2D eigenvalue weighted by Crippen LogP contribution is -2.06. The van der Waals surface area contributed by atoms with Crippen LogP contribution in [0.3, 0.4) is 0 Å². The van der Waals surface area contributed by atoms with Crippen molar-refractivity contribution in [3.63, 3.8) is 0 Å². The number of carbonyl (C=O) groups is 1. The minimum absolute atomic E-state index is 0.240. The Kier molecular flexibility index (Phi) is 4.46. The van der Waals surface area contributed by atoms with Crippen LogP contribution in [0.15, 0.2) is 24.3 Å². The predicted octanol–water partition coefficient (Wildman–Crippen LogP) is 3.33. The van der Waals surface area contributed by atoms with Crippen molar-refractivity contribution in [2.45, 2.75) is 40.0 Å². The van der Waals surface area contributed by atoms with E-state index in [1.165, 1.54) is 12.7 Å². The summed E-state index contributed by atoms with van der Waals surface area (Å²) in [6.45, 7) is 8.25. The zero-order valence-corrected chi connectivity index (χ0v) is 13.3. The van der Waals surface area contributed by atoms with E-state index in [9.17, 15) is 4.79 Å². The van der Waals surface area contributed by atoms with Gasteiger partial charge in [-0.1, -0.05) is 26.0 Å². The molecule has 0 unspecified atom stereocenters. The summed E-state index contributed by atoms with van der Waals surface area (Å²) in [6.07, 6.45) is 0.262. The summed E-state index contributed by atoms with van der Waals surface area (Å²) in [4.78, 5) is 11.5. The molecule has 2 rings (SSSR count). The maximum Gasteiger partial charge on any atom is 0.310 e. The second-order valence-electron chi connectivity index (χ2n) is 5.56. The average Bonchev–Trinajstić information content (AvgIpc) is 2.75. The van der Waals surface area contributed by atoms with Crippen molar-refractivity contribution in [1.29, 1.82) is 0 Å². The number of esters is 1. The van der Waals surface area contributed by atoms with Gasteiger partial charge in [-0.15, -0.1) is 0 Å². The van der Waals surface area contributed by atoms with Crippen LogP contribution >= 0.6 is 0 Å². The smallest absolute Gasteiger partial charge is 0.310 e. The lowest BCUT2D eigenvalue weighted by atomic mass is 10.0. The largest absolute Gasteiger partial charge is 0.469 e. The fraction of sp³-hybridized carbons (Fsp3) is 0.412. The molecule has 0 N–H and O–H groups in total. The van der Waals surface area contributed by atoms with Gasteiger partial charge in [0.2, 0.25) is 0 Å². The molecule has 0 bridgehead atoms. The molecule has 21 heavy (non-hydrogen) atoms. The number of hydrogen-bond donors (Lipinski definition) is 0. The predicted molar refractivity (Wildman–Crippen MR) is 82.8 cm³/mol. The van der Waals surface area contributed by atoms with Crippen LogP contribution in [-0.4, -0.2) is 22.9 Å². The van der Waals surface area contributed by atoms with E-state index >= 15 is 0 Å². The Morgan fingerprint density at radius 3 is 2.38 bits per heavy atom. The molecule has 0 aliphatic rings. The maximum atomic E-state index is 11.5. The number of methoxy groups -OCH3 is 1. The number of nitrogens with zero attached hydrogens (tertiary/aromatic N) is 2. The molecule has 1 aromatic heterocycles. The highest BCUT2D eigenvalue weighted by Crippen LogP contribution is 2.21. The summed E-state index contributed by atoms with van der Waals surface area (Å²) in [5.41, 5.74) is 5.10. The number of aryl methyl sites for hydroxylation is 1. The molecule has 0 saturated carbocycles. The van der Waals surface area contributed by atoms with Gasteiger partial charge in [-0.05, 0) is 37.5 Å². The highest BCUT2D eigenvalue weighted by Gasteiger charge is 2.16. The van der Waals surface area contributed by atoms with E-state index in [0.717, 1.165) is 22.6 Å². The Morgan fingerprint density at radius 1 is 1.24 bits per heavy atom. The minimum atomic E-state index is -0.240. The van der Waals surface area contributed by atoms with Crippen molar-refractivity contribution in [1.82, 2.24) is 9.78 Å². The fourth-order valence-electron chi connectivity index (χ4n) is 2.40. The third kappa shape index (κ3) is 3.15. The standard InChI is InChI=1S/C17H22N2O2/c1-11(2)14-6-8-15(9-7-14)19-13(4)16(12(3)18-19)10-17(20)21-5/h6-9,11H,10H2,1-5H3. The van der Waals surface area contributed by atoms with Gasteiger partial charge >= 0.3 is 5.97 Å². The van der Waals surface area contributed by atoms with Crippen molar-refractivity contribution >= 4 is 5.97 Å². The van der Waals surface area contributed by atoms with Crippen molar-refractivity contribution in [2.24, 2.45) is 0 Å². The van der Waals surface area contributed by atoms with E-state index in [0.29, 0.717) is 5.92 Å². The van der Waals surface area contributed by atoms with Gasteiger partial charge in [0.1, 0.15) is 0 Å². The third-order valence-corrected chi connectivity index (χ3v) is 3.79. The summed E-state index contributed by atoms with van der Waals surface area (Å²) in [6, 6.07) is 8.38. The van der Waals surface area contributed by atoms with Crippen molar-refractivity contribution in [3.05, 3.63) is 46.8 Å². The molecule has 4 heteroatoms. The molecule has 0 saturated heterocycles. The minimum Gasteiger partial charge on any atom is -0.469 e. The number of rotatable bonds is 4. The topological polar surface area (TPSA) is 44.1 Å². The molecule has 0 radical (unpaired) electrons. The highest BCUT2D eigenvalue weighted by molar-refractivity contribution is 5.73. The normalized spacial score (nSPS) is 11.0. The number of benzene rings is 1. The van der Waals surface area contributed by atoms with Gasteiger partial charge in [0.15, 0.2) is 0 Å². The Bertz CT molecular complexity index is 640. The van der Waals surface area contributed by atoms with Crippen LogP contribution in [0.4, 0.5) is 0 Å². The number of hydrogen-bond acceptors (Lipinski definition) is 3. The van der Waals surface area contributed by atoms with Gasteiger partial charge in [-0.2, -0.15) is 5.10 Å². The molecular formula is C17H22N2O2. The van der Waals surface area contributed by atoms with Crippen LogP contribution in [-0.2, 0) is 16.0 Å². The van der Waals surface area contributed by atoms with Crippen LogP contribution in [0.1, 0.15) is 42.3 Å². The zero-order valence-electron chi connectivity index (χ0n) is 13.3. The van der Waals surface area contributed by atoms with Crippen molar-refractivity contribution < 1.29 is 9.53 Å². The maximum absolute atomic E-state index is 11.5. The van der Waals surface area contributed by atoms with Gasteiger partial charge in [0.05, 0.1) is 24.9 Å². The third-order valence-electron chi connectivity index (χ3n) is 3.79. The Labute approximate surface area is 125 Å². The van der Waals surface area contributed by atoms with Gasteiger partial charge in [0, 0.05) is 11.3 Å². The van der Waals surface area contributed by atoms with Gasteiger partial charge in [-0.3, -0.25) is 4.79 Å². The summed E-state index contributed by atoms with van der Waals surface area (Å²) in [5, 5.41) is 4.55. The van der Waals surface area contributed by atoms with Crippen LogP contribution in [0.2, 0.25) is 0 Å². The quantitative estimate of drug-likeness (QED) is 0.810. The van der Waals surface area contributed by atoms with Gasteiger partial charge in [0.25, 0.3) is 0 Å². The molecule has 0 atom stereocenters. The Hall–Kier alpha value is -2.10. The second-order valence-corrected chi connectivity index (χ2v) is 5.56. The van der Waals surface area contributed by atoms with Crippen molar-refractivity contribution in [3.8, 4) is 5.69 Å². The molecule has 1 heterocycles. The first-order valence-corrected chi connectivity index (χ1v) is 7.16. The Balaban J connectivity index is 2.36. The average molecular weight is 286 g/mol. The zero-order chi connectivity index (χ0) is 15.6. The van der Waals surface area contributed by atoms with Crippen LogP contribution in [0.5, 0.6) is 0 Å². The van der Waals surface area contributed by atoms with E-state index < -0.39 is 0 Å². The summed E-state index contributed by atoms with van der Waals surface area (Å²) in [7, 11) is 1.40. The van der Waals surface area contributed by atoms with E-state index in [4.69, 9.17) is 4.74 Å². The first kappa shape index (κ1) is 15.3. The summed E-state index contributed by atoms with van der Waals surface area (Å²) >= 11 is 0. The molecule has 0 spiro atoms. The van der Waals surface area contributed by atoms with Crippen LogP contribution in [0.25, 0.3) is 5.69 Å². The molecule has 112 valence electrons. The van der Waals surface area contributed by atoms with E-state index in [1.54, 1.807) is 0 Å². The Morgan fingerprint density at radius 2 is 1.86 bits per heavy atom. The molecule has 0 aliphatic heterocycles. The molecule has 0 amide bonds. The molecule has 0 aliphatic carbocycles. The molecule has 2 aromatic rings. The van der Waals surface area contributed by atoms with Gasteiger partial charge in [-0.25, -0.2) is 4.68 Å². The monoisotopic (exact) mass is 286 g/mol. The first-order chi connectivity index (χ1) is 9.93. The summed E-state index contributed by atoms with van der Waals surface area (Å²) in [5.74, 6) is 0.269. The number of carbonyl (C=O) groups excluding carboxylic acids is 1. The van der Waals surface area contributed by atoms with E-state index in [2.05, 4.69) is 43.2 Å². The SMILES string of the molecule is COC(=O)Cc1c(C)nn(-c2ccc(C(C)C)cc2)c1C. The fourth-order valence-corrected chi connectivity index (χ4v) is 2.40. The number of ether oxygens (including phenoxy) is 1. The van der Waals surface area contributed by atoms with E-state index in [1.807, 2.05) is 18.5 Å². The molecular weight excluding hydrogens is 264 g/mol. The molecule has 4 nitrogen and oxygen atoms in total. The lowest BCUT2D eigenvalue weighted by molar-refractivity contribution is -0.139. The van der Waals surface area contributed by atoms with Gasteiger partial charge < -0.3 is 4.74 Å². The lowest BCUT2D eigenvalue weighted by Gasteiger charge is -2.08. The van der Waals surface area contributed by atoms with Crippen LogP contribution < -0.4 is 0 Å². The number of aromatic nitrogens is 2. The van der Waals surface area contributed by atoms with Crippen LogP contribution in [0, 0.1) is 13.8 Å². The van der Waals surface area contributed by atoms with Crippen molar-refractivity contribution in [2.75, 3.05) is 7.11 Å². The molecule has 1 aromatic carbocycles.